The molecule has 3 heterocycles. The number of carbonyl (C=O) groups excluding carboxylic acids is 2. The zero-order chi connectivity index (χ0) is 19.0. The number of hydrogen-bond acceptors (Lipinski definition) is 3. The third kappa shape index (κ3) is 3.83. The molecule has 146 valence electrons. The van der Waals surface area contributed by atoms with Crippen LogP contribution in [0.25, 0.3) is 0 Å². The molecule has 1 N–H and O–H groups in total. The summed E-state index contributed by atoms with van der Waals surface area (Å²) in [4.78, 5) is 28.7. The molecule has 27 heavy (non-hydrogen) atoms. The van der Waals surface area contributed by atoms with Crippen LogP contribution in [0, 0.1) is 17.0 Å². The van der Waals surface area contributed by atoms with Crippen LogP contribution < -0.4 is 5.32 Å². The van der Waals surface area contributed by atoms with Crippen LogP contribution in [0.5, 0.6) is 0 Å². The van der Waals surface area contributed by atoms with Crippen LogP contribution in [0.15, 0.2) is 18.2 Å². The zero-order valence-corrected chi connectivity index (χ0v) is 15.3. The number of rotatable bonds is 3. The molecule has 0 radical (unpaired) electrons. The lowest BCUT2D eigenvalue weighted by Gasteiger charge is -2.39. The first-order chi connectivity index (χ1) is 12.9. The summed E-state index contributed by atoms with van der Waals surface area (Å²) in [7, 11) is 0. The quantitative estimate of drug-likeness (QED) is 0.877. The monoisotopic (exact) mass is 377 g/mol. The maximum atomic E-state index is 13.4. The third-order valence-corrected chi connectivity index (χ3v) is 6.20. The Balaban J connectivity index is 1.37. The second-order valence-electron chi connectivity index (χ2n) is 8.18. The van der Waals surface area contributed by atoms with Crippen molar-refractivity contribution < 1.29 is 18.4 Å². The fraction of sp³-hybridized carbons (Fsp3) is 0.600. The van der Waals surface area contributed by atoms with Crippen LogP contribution in [0.4, 0.5) is 8.78 Å². The van der Waals surface area contributed by atoms with Gasteiger partial charge in [0, 0.05) is 44.1 Å². The van der Waals surface area contributed by atoms with Gasteiger partial charge < -0.3 is 15.1 Å². The van der Waals surface area contributed by atoms with Crippen molar-refractivity contribution in [3.8, 4) is 0 Å². The molecular formula is C20H25F2N3O2. The number of amides is 2. The van der Waals surface area contributed by atoms with E-state index in [0.29, 0.717) is 31.6 Å². The Morgan fingerprint density at radius 3 is 2.52 bits per heavy atom. The first-order valence-corrected chi connectivity index (χ1v) is 9.69. The van der Waals surface area contributed by atoms with Crippen molar-refractivity contribution in [2.45, 2.75) is 44.7 Å². The highest BCUT2D eigenvalue weighted by Crippen LogP contribution is 2.41. The molecule has 1 aromatic carbocycles. The van der Waals surface area contributed by atoms with Crippen LogP contribution in [-0.2, 0) is 16.1 Å². The Labute approximate surface area is 157 Å². The van der Waals surface area contributed by atoms with Crippen molar-refractivity contribution in [3.63, 3.8) is 0 Å². The van der Waals surface area contributed by atoms with Gasteiger partial charge in [-0.25, -0.2) is 8.78 Å². The second kappa shape index (κ2) is 7.19. The maximum absolute atomic E-state index is 13.4. The number of carbonyl (C=O) groups is 2. The molecule has 1 spiro atoms. The molecule has 0 aromatic heterocycles. The van der Waals surface area contributed by atoms with Crippen molar-refractivity contribution in [1.29, 1.82) is 0 Å². The molecule has 1 aromatic rings. The average Bonchev–Trinajstić information content (AvgIpc) is 3.23. The van der Waals surface area contributed by atoms with Crippen LogP contribution in [-0.4, -0.2) is 53.8 Å². The van der Waals surface area contributed by atoms with E-state index in [0.717, 1.165) is 38.3 Å². The molecule has 3 fully saturated rings. The van der Waals surface area contributed by atoms with E-state index in [9.17, 15) is 18.4 Å². The molecule has 3 aliphatic heterocycles. The number of nitrogens with zero attached hydrogens (tertiary/aromatic N) is 2. The second-order valence-corrected chi connectivity index (χ2v) is 8.18. The molecule has 0 saturated carbocycles. The summed E-state index contributed by atoms with van der Waals surface area (Å²) in [6.07, 6.45) is 3.99. The molecule has 3 aliphatic rings. The maximum Gasteiger partial charge on any atom is 0.239 e. The van der Waals surface area contributed by atoms with Crippen LogP contribution in [0.1, 0.15) is 37.7 Å². The number of benzene rings is 1. The smallest absolute Gasteiger partial charge is 0.239 e. The summed E-state index contributed by atoms with van der Waals surface area (Å²) in [6.45, 7) is 3.06. The fourth-order valence-electron chi connectivity index (χ4n) is 4.70. The molecule has 0 unspecified atom stereocenters. The predicted molar refractivity (Wildman–Crippen MR) is 95.7 cm³/mol. The molecule has 0 bridgehead atoms. The number of piperidine rings is 1. The molecule has 7 heteroatoms. The van der Waals surface area contributed by atoms with Gasteiger partial charge in [0.15, 0.2) is 0 Å². The highest BCUT2D eigenvalue weighted by Gasteiger charge is 2.45. The Kier molecular flexibility index (Phi) is 4.88. The first-order valence-electron chi connectivity index (χ1n) is 9.69. The minimum Gasteiger partial charge on any atom is -0.341 e. The molecular weight excluding hydrogens is 352 g/mol. The minimum atomic E-state index is -0.626. The van der Waals surface area contributed by atoms with Gasteiger partial charge in [0.25, 0.3) is 0 Å². The summed E-state index contributed by atoms with van der Waals surface area (Å²) in [6, 6.07) is 3.33. The van der Waals surface area contributed by atoms with Crippen LogP contribution >= 0.6 is 0 Å². The molecule has 3 saturated heterocycles. The van der Waals surface area contributed by atoms with Crippen molar-refractivity contribution in [2.75, 3.05) is 26.2 Å². The standard InChI is InChI=1S/C20H25F2N3O2/c21-15-8-14(9-16(22)10-15)12-25-13-20(11-18(25)26)3-6-24(7-4-20)19(27)17-2-1-5-23-17/h8-10,17,23H,1-7,11-13H2/t17-/m1/s1. The summed E-state index contributed by atoms with van der Waals surface area (Å²) in [5, 5.41) is 3.25. The topological polar surface area (TPSA) is 52.7 Å². The molecule has 0 aliphatic carbocycles. The van der Waals surface area contributed by atoms with Crippen molar-refractivity contribution in [3.05, 3.63) is 35.4 Å². The lowest BCUT2D eigenvalue weighted by molar-refractivity contribution is -0.135. The average molecular weight is 377 g/mol. The predicted octanol–water partition coefficient (Wildman–Crippen LogP) is 2.06. The van der Waals surface area contributed by atoms with E-state index in [-0.39, 0.29) is 29.8 Å². The third-order valence-electron chi connectivity index (χ3n) is 6.20. The Morgan fingerprint density at radius 2 is 1.89 bits per heavy atom. The lowest BCUT2D eigenvalue weighted by Crippen LogP contribution is -2.49. The Morgan fingerprint density at radius 1 is 1.19 bits per heavy atom. The lowest BCUT2D eigenvalue weighted by atomic mass is 9.77. The normalized spacial score (nSPS) is 24.8. The van der Waals surface area contributed by atoms with Gasteiger partial charge in [0.1, 0.15) is 11.6 Å². The first kappa shape index (κ1) is 18.3. The molecule has 4 rings (SSSR count). The Bertz CT molecular complexity index is 720. The van der Waals surface area contributed by atoms with Crippen molar-refractivity contribution in [1.82, 2.24) is 15.1 Å². The fourth-order valence-corrected chi connectivity index (χ4v) is 4.70. The number of likely N-dealkylation sites (tertiary alicyclic amines) is 2. The number of nitrogens with one attached hydrogen (secondary N) is 1. The number of hydrogen-bond donors (Lipinski definition) is 1. The van der Waals surface area contributed by atoms with E-state index in [1.165, 1.54) is 12.1 Å². The van der Waals surface area contributed by atoms with Gasteiger partial charge >= 0.3 is 0 Å². The van der Waals surface area contributed by atoms with Gasteiger partial charge in [0.05, 0.1) is 6.04 Å². The van der Waals surface area contributed by atoms with Crippen molar-refractivity contribution >= 4 is 11.8 Å². The summed E-state index contributed by atoms with van der Waals surface area (Å²) >= 11 is 0. The Hall–Kier alpha value is -2.02. The van der Waals surface area contributed by atoms with E-state index in [1.54, 1.807) is 4.90 Å². The van der Waals surface area contributed by atoms with Gasteiger partial charge in [-0.2, -0.15) is 0 Å². The summed E-state index contributed by atoms with van der Waals surface area (Å²) in [5.74, 6) is -1.05. The van der Waals surface area contributed by atoms with Gasteiger partial charge in [0.2, 0.25) is 11.8 Å². The molecule has 2 amide bonds. The minimum absolute atomic E-state index is 0.0249. The highest BCUT2D eigenvalue weighted by molar-refractivity contribution is 5.82. The van der Waals surface area contributed by atoms with Gasteiger partial charge in [-0.3, -0.25) is 9.59 Å². The summed E-state index contributed by atoms with van der Waals surface area (Å²) in [5.41, 5.74) is 0.348. The molecule has 5 nitrogen and oxygen atoms in total. The van der Waals surface area contributed by atoms with Crippen molar-refractivity contribution in [2.24, 2.45) is 5.41 Å². The largest absolute Gasteiger partial charge is 0.341 e. The summed E-state index contributed by atoms with van der Waals surface area (Å²) < 4.78 is 26.8. The van der Waals surface area contributed by atoms with Gasteiger partial charge in [-0.1, -0.05) is 0 Å². The molecule has 1 atom stereocenters. The number of halogens is 2. The van der Waals surface area contributed by atoms with E-state index in [4.69, 9.17) is 0 Å². The van der Waals surface area contributed by atoms with E-state index >= 15 is 0 Å². The van der Waals surface area contributed by atoms with Crippen LogP contribution in [0.3, 0.4) is 0 Å². The van der Waals surface area contributed by atoms with Gasteiger partial charge in [-0.15, -0.1) is 0 Å². The van der Waals surface area contributed by atoms with Crippen LogP contribution in [0.2, 0.25) is 0 Å². The van der Waals surface area contributed by atoms with E-state index in [2.05, 4.69) is 5.32 Å². The zero-order valence-electron chi connectivity index (χ0n) is 15.3. The SMILES string of the molecule is O=C1CC2(CCN(C(=O)[C@H]3CCCN3)CC2)CN1Cc1cc(F)cc(F)c1. The highest BCUT2D eigenvalue weighted by atomic mass is 19.1. The van der Waals surface area contributed by atoms with E-state index in [1.807, 2.05) is 4.90 Å². The van der Waals surface area contributed by atoms with Gasteiger partial charge in [-0.05, 0) is 49.9 Å². The van der Waals surface area contributed by atoms with E-state index < -0.39 is 11.6 Å².